The molecule has 1 N–H and O–H groups in total. The molecular weight excluding hydrogens is 414 g/mol. The van der Waals surface area contributed by atoms with E-state index in [1.807, 2.05) is 10.9 Å². The van der Waals surface area contributed by atoms with Crippen LogP contribution in [0.2, 0.25) is 0 Å². The predicted octanol–water partition coefficient (Wildman–Crippen LogP) is 3.11. The van der Waals surface area contributed by atoms with E-state index < -0.39 is 0 Å². The summed E-state index contributed by atoms with van der Waals surface area (Å²) >= 11 is 0. The Kier molecular flexibility index (Phi) is 6.85. The summed E-state index contributed by atoms with van der Waals surface area (Å²) in [5.74, 6) is 0.940. The van der Waals surface area contributed by atoms with Gasteiger partial charge in [0.25, 0.3) is 0 Å². The quantitative estimate of drug-likeness (QED) is 0.594. The lowest BCUT2D eigenvalue weighted by molar-refractivity contribution is 0.0360. The van der Waals surface area contributed by atoms with E-state index in [-0.39, 0.29) is 0 Å². The van der Waals surface area contributed by atoms with Gasteiger partial charge in [-0.3, -0.25) is 9.58 Å². The van der Waals surface area contributed by atoms with Crippen LogP contribution in [0.1, 0.15) is 25.7 Å². The number of nitrogens with one attached hydrogen (secondary N) is 1. The van der Waals surface area contributed by atoms with Gasteiger partial charge in [-0.25, -0.2) is 9.97 Å². The van der Waals surface area contributed by atoms with Gasteiger partial charge >= 0.3 is 0 Å². The van der Waals surface area contributed by atoms with Gasteiger partial charge in [0, 0.05) is 48.9 Å². The molecule has 2 fully saturated rings. The summed E-state index contributed by atoms with van der Waals surface area (Å²) < 4.78 is 7.48. The van der Waals surface area contributed by atoms with E-state index in [0.29, 0.717) is 12.1 Å². The molecule has 3 aromatic rings. The zero-order valence-corrected chi connectivity index (χ0v) is 19.8. The average molecular weight is 450 g/mol. The van der Waals surface area contributed by atoms with Crippen LogP contribution in [-0.4, -0.2) is 88.6 Å². The third-order valence-corrected chi connectivity index (χ3v) is 7.12. The molecule has 8 nitrogen and oxygen atoms in total. The molecule has 176 valence electrons. The number of rotatable bonds is 7. The largest absolute Gasteiger partial charge is 0.379 e. The van der Waals surface area contributed by atoms with Crippen molar-refractivity contribution in [2.75, 3.05) is 52.3 Å². The number of ether oxygens (including phenoxy) is 1. The second-order valence-electron chi connectivity index (χ2n) is 9.51. The summed E-state index contributed by atoms with van der Waals surface area (Å²) in [6.07, 6.45) is 10.6. The smallest absolute Gasteiger partial charge is 0.137 e. The fourth-order valence-electron chi connectivity index (χ4n) is 4.98. The van der Waals surface area contributed by atoms with Crippen LogP contribution in [0.3, 0.4) is 0 Å². The van der Waals surface area contributed by atoms with Crippen LogP contribution in [0.5, 0.6) is 0 Å². The SMILES string of the molecule is CN(C)C1CCC(Nc2ncnc3ccc(-c4cnn(CCN5CCOCC5)c4)cc23)CC1. The fraction of sp³-hybridized carbons (Fsp3) is 0.560. The van der Waals surface area contributed by atoms with E-state index >= 15 is 0 Å². The minimum atomic E-state index is 0.464. The van der Waals surface area contributed by atoms with Gasteiger partial charge in [0.15, 0.2) is 0 Å². The van der Waals surface area contributed by atoms with Crippen LogP contribution in [-0.2, 0) is 11.3 Å². The monoisotopic (exact) mass is 449 g/mol. The number of anilines is 1. The molecule has 1 aromatic carbocycles. The van der Waals surface area contributed by atoms with Gasteiger partial charge in [0.2, 0.25) is 0 Å². The van der Waals surface area contributed by atoms with Crippen molar-refractivity contribution in [3.63, 3.8) is 0 Å². The summed E-state index contributed by atoms with van der Waals surface area (Å²) in [5, 5.41) is 9.39. The number of hydrogen-bond acceptors (Lipinski definition) is 7. The molecule has 1 saturated carbocycles. The van der Waals surface area contributed by atoms with Crippen LogP contribution in [0.15, 0.2) is 36.9 Å². The van der Waals surface area contributed by atoms with E-state index in [4.69, 9.17) is 4.74 Å². The zero-order valence-electron chi connectivity index (χ0n) is 19.8. The Morgan fingerprint density at radius 3 is 2.64 bits per heavy atom. The minimum Gasteiger partial charge on any atom is -0.379 e. The number of aromatic nitrogens is 4. The molecule has 1 aliphatic heterocycles. The molecule has 1 saturated heterocycles. The standard InChI is InChI=1S/C25H35N7O/c1-30(2)22-6-4-21(5-7-22)29-25-23-15-19(3-8-24(23)26-18-27-25)20-16-28-32(17-20)10-9-31-11-13-33-14-12-31/h3,8,15-18,21-22H,4-7,9-14H2,1-2H3,(H,26,27,29). The van der Waals surface area contributed by atoms with Crippen molar-refractivity contribution in [2.45, 2.75) is 44.3 Å². The van der Waals surface area contributed by atoms with Crippen LogP contribution in [0.4, 0.5) is 5.82 Å². The third kappa shape index (κ3) is 5.34. The number of fused-ring (bicyclic) bond motifs is 1. The van der Waals surface area contributed by atoms with Crippen LogP contribution < -0.4 is 5.32 Å². The lowest BCUT2D eigenvalue weighted by Gasteiger charge is -2.33. The van der Waals surface area contributed by atoms with Gasteiger partial charge in [0.05, 0.1) is 31.5 Å². The molecule has 5 rings (SSSR count). The highest BCUT2D eigenvalue weighted by atomic mass is 16.5. The predicted molar refractivity (Wildman–Crippen MR) is 131 cm³/mol. The summed E-state index contributed by atoms with van der Waals surface area (Å²) in [6.45, 7) is 5.56. The van der Waals surface area contributed by atoms with E-state index in [0.717, 1.165) is 67.2 Å². The molecule has 0 unspecified atom stereocenters. The summed E-state index contributed by atoms with van der Waals surface area (Å²) in [4.78, 5) is 13.9. The Morgan fingerprint density at radius 2 is 1.85 bits per heavy atom. The van der Waals surface area contributed by atoms with Crippen molar-refractivity contribution in [1.29, 1.82) is 0 Å². The molecule has 2 aliphatic rings. The second kappa shape index (κ2) is 10.2. The van der Waals surface area contributed by atoms with Gasteiger partial charge in [-0.1, -0.05) is 6.07 Å². The second-order valence-corrected chi connectivity index (χ2v) is 9.51. The highest BCUT2D eigenvalue weighted by molar-refractivity contribution is 5.92. The number of hydrogen-bond donors (Lipinski definition) is 1. The number of morpholine rings is 1. The Morgan fingerprint density at radius 1 is 1.03 bits per heavy atom. The molecule has 0 spiro atoms. The van der Waals surface area contributed by atoms with Gasteiger partial charge in [-0.05, 0) is 57.5 Å². The third-order valence-electron chi connectivity index (χ3n) is 7.12. The molecule has 2 aromatic heterocycles. The van der Waals surface area contributed by atoms with Crippen molar-refractivity contribution in [2.24, 2.45) is 0 Å². The molecule has 1 aliphatic carbocycles. The topological polar surface area (TPSA) is 71.3 Å². The molecule has 0 bridgehead atoms. The summed E-state index contributed by atoms with van der Waals surface area (Å²) in [5.41, 5.74) is 3.24. The Labute approximate surface area is 195 Å². The maximum atomic E-state index is 5.44. The van der Waals surface area contributed by atoms with E-state index in [2.05, 4.69) is 68.7 Å². The maximum Gasteiger partial charge on any atom is 0.137 e. The van der Waals surface area contributed by atoms with Crippen LogP contribution >= 0.6 is 0 Å². The normalized spacial score (nSPS) is 22.2. The van der Waals surface area contributed by atoms with Crippen LogP contribution in [0.25, 0.3) is 22.0 Å². The molecule has 8 heteroatoms. The zero-order chi connectivity index (χ0) is 22.6. The Hall–Kier alpha value is -2.55. The molecule has 0 atom stereocenters. The first kappa shape index (κ1) is 22.3. The highest BCUT2D eigenvalue weighted by Gasteiger charge is 2.23. The Bertz CT molecular complexity index is 1050. The average Bonchev–Trinajstić information content (AvgIpc) is 3.33. The lowest BCUT2D eigenvalue weighted by Crippen LogP contribution is -2.38. The summed E-state index contributed by atoms with van der Waals surface area (Å²) in [6, 6.07) is 7.57. The maximum absolute atomic E-state index is 5.44. The first-order valence-electron chi connectivity index (χ1n) is 12.2. The number of nitrogens with zero attached hydrogens (tertiary/aromatic N) is 6. The molecule has 0 amide bonds. The molecule has 0 radical (unpaired) electrons. The Balaban J connectivity index is 1.28. The van der Waals surface area contributed by atoms with E-state index in [1.54, 1.807) is 6.33 Å². The lowest BCUT2D eigenvalue weighted by atomic mass is 9.90. The van der Waals surface area contributed by atoms with E-state index in [1.165, 1.54) is 25.7 Å². The van der Waals surface area contributed by atoms with Gasteiger partial charge in [-0.2, -0.15) is 5.10 Å². The molecular formula is C25H35N7O. The molecule has 3 heterocycles. The van der Waals surface area contributed by atoms with Crippen molar-refractivity contribution in [1.82, 2.24) is 29.5 Å². The highest BCUT2D eigenvalue weighted by Crippen LogP contribution is 2.29. The van der Waals surface area contributed by atoms with Gasteiger partial charge in [-0.15, -0.1) is 0 Å². The first-order valence-corrected chi connectivity index (χ1v) is 12.2. The van der Waals surface area contributed by atoms with Crippen molar-refractivity contribution in [3.8, 4) is 11.1 Å². The van der Waals surface area contributed by atoms with E-state index in [9.17, 15) is 0 Å². The van der Waals surface area contributed by atoms with Crippen molar-refractivity contribution < 1.29 is 4.74 Å². The van der Waals surface area contributed by atoms with Gasteiger partial charge < -0.3 is 15.0 Å². The number of benzene rings is 1. The fourth-order valence-corrected chi connectivity index (χ4v) is 4.98. The minimum absolute atomic E-state index is 0.464. The van der Waals surface area contributed by atoms with Crippen molar-refractivity contribution in [3.05, 3.63) is 36.9 Å². The summed E-state index contributed by atoms with van der Waals surface area (Å²) in [7, 11) is 4.37. The van der Waals surface area contributed by atoms with Crippen LogP contribution in [0, 0.1) is 0 Å². The molecule has 33 heavy (non-hydrogen) atoms. The first-order chi connectivity index (χ1) is 16.2. The van der Waals surface area contributed by atoms with Crippen molar-refractivity contribution >= 4 is 16.7 Å². The van der Waals surface area contributed by atoms with Gasteiger partial charge in [0.1, 0.15) is 12.1 Å².